The summed E-state index contributed by atoms with van der Waals surface area (Å²) >= 11 is -0.884. The van der Waals surface area contributed by atoms with Gasteiger partial charge in [0.05, 0.1) is 0 Å². The van der Waals surface area contributed by atoms with Crippen molar-refractivity contribution in [1.29, 1.82) is 0 Å². The molecule has 0 spiro atoms. The summed E-state index contributed by atoms with van der Waals surface area (Å²) in [5.74, 6) is 3.38. The Morgan fingerprint density at radius 3 is 2.63 bits per heavy atom. The maximum atomic E-state index is 12.2. The van der Waals surface area contributed by atoms with Crippen LogP contribution in [0.5, 0.6) is 5.75 Å². The van der Waals surface area contributed by atoms with Crippen LogP contribution in [-0.2, 0) is 0 Å². The Morgan fingerprint density at radius 2 is 2.11 bits per heavy atom. The molecule has 1 aromatic carbocycles. The van der Waals surface area contributed by atoms with Crippen molar-refractivity contribution in [3.05, 3.63) is 24.3 Å². The number of amides is 1. The zero-order valence-electron chi connectivity index (χ0n) is 11.4. The van der Waals surface area contributed by atoms with Crippen molar-refractivity contribution >= 4 is 28.5 Å². The van der Waals surface area contributed by atoms with Crippen LogP contribution in [0.4, 0.5) is 4.79 Å². The van der Waals surface area contributed by atoms with Gasteiger partial charge in [0.15, 0.2) is 0 Å². The van der Waals surface area contributed by atoms with Gasteiger partial charge in [-0.25, -0.2) is 0 Å². The number of ether oxygens (including phenoxy) is 1. The summed E-state index contributed by atoms with van der Waals surface area (Å²) in [4.78, 5) is 14.0. The fraction of sp³-hybridized carbons (Fsp3) is 0.400. The average molecular weight is 373 g/mol. The zero-order valence-corrected chi connectivity index (χ0v) is 13.7. The van der Waals surface area contributed by atoms with Crippen molar-refractivity contribution in [1.82, 2.24) is 4.90 Å². The van der Waals surface area contributed by atoms with E-state index in [0.717, 1.165) is 28.7 Å². The van der Waals surface area contributed by atoms with Gasteiger partial charge >= 0.3 is 125 Å². The van der Waals surface area contributed by atoms with E-state index in [1.165, 1.54) is 0 Å². The molecule has 102 valence electrons. The summed E-state index contributed by atoms with van der Waals surface area (Å²) in [6.45, 7) is 3.29. The van der Waals surface area contributed by atoms with Crippen LogP contribution in [0.25, 0.3) is 0 Å². The van der Waals surface area contributed by atoms with Gasteiger partial charge in [0.2, 0.25) is 0 Å². The fourth-order valence-corrected chi connectivity index (χ4v) is 3.67. The number of methoxy groups -OCH3 is 1. The first-order valence-electron chi connectivity index (χ1n) is 6.25. The van der Waals surface area contributed by atoms with Crippen molar-refractivity contribution in [2.45, 2.75) is 19.8 Å². The van der Waals surface area contributed by atoms with E-state index in [1.807, 2.05) is 24.3 Å². The van der Waals surface area contributed by atoms with Gasteiger partial charge in [0, 0.05) is 0 Å². The number of carbonyl (C=O) groups is 1. The Balaban J connectivity index is 2.61. The van der Waals surface area contributed by atoms with Gasteiger partial charge in [0.25, 0.3) is 0 Å². The van der Waals surface area contributed by atoms with Gasteiger partial charge in [-0.05, 0) is 0 Å². The summed E-state index contributed by atoms with van der Waals surface area (Å²) in [7, 11) is 1.64. The van der Waals surface area contributed by atoms with Gasteiger partial charge in [-0.3, -0.25) is 0 Å². The molecule has 0 atom stereocenters. The Bertz CT molecular complexity index is 436. The molecule has 3 nitrogen and oxygen atoms in total. The topological polar surface area (TPSA) is 29.5 Å². The average Bonchev–Trinajstić information content (AvgIpc) is 2.44. The molecule has 0 bridgehead atoms. The third kappa shape index (κ3) is 5.55. The summed E-state index contributed by atoms with van der Waals surface area (Å²) in [6, 6.07) is 7.72. The molecule has 1 rings (SSSR count). The maximum absolute atomic E-state index is 12.2. The van der Waals surface area contributed by atoms with E-state index in [9.17, 15) is 4.79 Å². The van der Waals surface area contributed by atoms with E-state index in [-0.39, 0.29) is 3.96 Å². The van der Waals surface area contributed by atoms with Crippen LogP contribution in [0.15, 0.2) is 24.3 Å². The van der Waals surface area contributed by atoms with Crippen LogP contribution in [0, 0.1) is 12.3 Å². The number of hydrogen-bond donors (Lipinski definition) is 0. The first-order chi connectivity index (χ1) is 9.21. The molecule has 0 N–H and O–H groups in total. The minimum absolute atomic E-state index is 0.210. The predicted octanol–water partition coefficient (Wildman–Crippen LogP) is 1.88. The number of terminal acetylenes is 1. The number of unbranched alkanes of at least 4 members (excludes halogenated alkanes) is 1. The molecule has 1 amide bonds. The molecule has 0 unspecified atom stereocenters. The van der Waals surface area contributed by atoms with Crippen LogP contribution in [0.2, 0.25) is 0 Å². The van der Waals surface area contributed by atoms with Crippen molar-refractivity contribution in [2.24, 2.45) is 0 Å². The van der Waals surface area contributed by atoms with Crippen molar-refractivity contribution in [2.75, 3.05) is 20.2 Å². The second-order valence-electron chi connectivity index (χ2n) is 4.02. The predicted molar refractivity (Wildman–Crippen MR) is 79.1 cm³/mol. The van der Waals surface area contributed by atoms with Crippen molar-refractivity contribution < 1.29 is 9.53 Å². The molecule has 0 heterocycles. The number of benzene rings is 1. The molecule has 0 saturated heterocycles. The van der Waals surface area contributed by atoms with Gasteiger partial charge in [-0.15, -0.1) is 0 Å². The van der Waals surface area contributed by atoms with E-state index in [1.54, 1.807) is 12.0 Å². The van der Waals surface area contributed by atoms with Crippen molar-refractivity contribution in [3.63, 3.8) is 0 Å². The Labute approximate surface area is 125 Å². The molecular weight excluding hydrogens is 354 g/mol. The molecule has 0 aliphatic heterocycles. The molecule has 0 radical (unpaired) electrons. The van der Waals surface area contributed by atoms with Crippen LogP contribution in [-0.4, -0.2) is 50.0 Å². The summed E-state index contributed by atoms with van der Waals surface area (Å²) < 4.78 is 6.42. The molecule has 1 aromatic rings. The third-order valence-corrected chi connectivity index (χ3v) is 5.27. The molecule has 0 saturated carbocycles. The Hall–Kier alpha value is -1.16. The van der Waals surface area contributed by atoms with Gasteiger partial charge < -0.3 is 0 Å². The van der Waals surface area contributed by atoms with Gasteiger partial charge in [-0.1, -0.05) is 0 Å². The Morgan fingerprint density at radius 1 is 1.42 bits per heavy atom. The number of nitrogens with zero attached hydrogens (tertiary/aromatic N) is 1. The van der Waals surface area contributed by atoms with Crippen LogP contribution in [0.3, 0.4) is 0 Å². The summed E-state index contributed by atoms with van der Waals surface area (Å²) in [6.07, 6.45) is 7.39. The first-order valence-corrected chi connectivity index (χ1v) is 8.58. The fourth-order valence-electron chi connectivity index (χ4n) is 1.50. The van der Waals surface area contributed by atoms with Crippen LogP contribution >= 0.6 is 0 Å². The standard InChI is InChI=1S/C15H19NO2Te/c1-4-6-12-16(11-5-2)15(17)19-14-9-7-13(18-3)8-10-14/h2,7-10H,4,6,11-12H2,1,3H3. The first kappa shape index (κ1) is 15.9. The van der Waals surface area contributed by atoms with Gasteiger partial charge in [0.1, 0.15) is 0 Å². The van der Waals surface area contributed by atoms with Crippen molar-refractivity contribution in [3.8, 4) is 18.1 Å². The molecule has 0 aliphatic rings. The third-order valence-electron chi connectivity index (χ3n) is 2.59. The second kappa shape index (κ2) is 8.86. The zero-order chi connectivity index (χ0) is 14.1. The van der Waals surface area contributed by atoms with E-state index in [2.05, 4.69) is 12.8 Å². The van der Waals surface area contributed by atoms with E-state index < -0.39 is 20.9 Å². The molecule has 0 aromatic heterocycles. The molecule has 0 fully saturated rings. The SMILES string of the molecule is C#CCN(CCCC)C(=O)[Te]c1ccc(OC)cc1. The van der Waals surface area contributed by atoms with Crippen LogP contribution < -0.4 is 8.35 Å². The normalized spacial score (nSPS) is 9.74. The van der Waals surface area contributed by atoms with E-state index in [0.29, 0.717) is 6.54 Å². The Kier molecular flexibility index (Phi) is 7.41. The van der Waals surface area contributed by atoms with E-state index >= 15 is 0 Å². The second-order valence-corrected chi connectivity index (χ2v) is 6.95. The molecule has 19 heavy (non-hydrogen) atoms. The molecular formula is C15H19NO2Te. The number of rotatable bonds is 7. The van der Waals surface area contributed by atoms with E-state index in [4.69, 9.17) is 11.2 Å². The molecule has 4 heteroatoms. The monoisotopic (exact) mass is 375 g/mol. The van der Waals surface area contributed by atoms with Gasteiger partial charge in [-0.2, -0.15) is 0 Å². The van der Waals surface area contributed by atoms with Crippen LogP contribution in [0.1, 0.15) is 19.8 Å². The molecule has 0 aliphatic carbocycles. The number of carbonyl (C=O) groups excluding carboxylic acids is 1. The quantitative estimate of drug-likeness (QED) is 0.540. The summed E-state index contributed by atoms with van der Waals surface area (Å²) in [5.41, 5.74) is 0. The minimum atomic E-state index is -0.884. The summed E-state index contributed by atoms with van der Waals surface area (Å²) in [5, 5.41) is 0. The number of hydrogen-bond acceptors (Lipinski definition) is 2.